The molecule has 0 spiro atoms. The highest BCUT2D eigenvalue weighted by molar-refractivity contribution is 5.76. The Morgan fingerprint density at radius 2 is 2.25 bits per heavy atom. The Hall–Kier alpha value is -0.610. The highest BCUT2D eigenvalue weighted by atomic mass is 16.3. The lowest BCUT2D eigenvalue weighted by Crippen LogP contribution is -2.37. The fourth-order valence-electron chi connectivity index (χ4n) is 2.27. The highest BCUT2D eigenvalue weighted by Crippen LogP contribution is 2.24. The van der Waals surface area contributed by atoms with E-state index in [2.05, 4.69) is 10.6 Å². The van der Waals surface area contributed by atoms with Crippen LogP contribution in [-0.4, -0.2) is 36.2 Å². The van der Waals surface area contributed by atoms with Gasteiger partial charge < -0.3 is 15.7 Å². The number of hydrogen-bond donors (Lipinski definition) is 3. The minimum absolute atomic E-state index is 0.0764. The molecule has 0 bridgehead atoms. The van der Waals surface area contributed by atoms with E-state index in [1.807, 2.05) is 13.8 Å². The second kappa shape index (κ2) is 6.86. The van der Waals surface area contributed by atoms with Crippen molar-refractivity contribution < 1.29 is 9.90 Å². The molecule has 94 valence electrons. The topological polar surface area (TPSA) is 61.4 Å². The van der Waals surface area contributed by atoms with Crippen molar-refractivity contribution >= 4 is 5.91 Å². The van der Waals surface area contributed by atoms with E-state index in [1.54, 1.807) is 0 Å². The molecule has 3 unspecified atom stereocenters. The second-order valence-corrected chi connectivity index (χ2v) is 4.73. The molecule has 0 aliphatic heterocycles. The van der Waals surface area contributed by atoms with Crippen LogP contribution in [0.2, 0.25) is 0 Å². The van der Waals surface area contributed by atoms with Crippen LogP contribution in [0.3, 0.4) is 0 Å². The molecule has 0 aromatic carbocycles. The summed E-state index contributed by atoms with van der Waals surface area (Å²) in [5, 5.41) is 15.7. The first kappa shape index (κ1) is 13.5. The summed E-state index contributed by atoms with van der Waals surface area (Å²) in [6.07, 6.45) is 3.29. The van der Waals surface area contributed by atoms with Gasteiger partial charge in [-0.2, -0.15) is 0 Å². The van der Waals surface area contributed by atoms with Crippen molar-refractivity contribution in [3.63, 3.8) is 0 Å². The van der Waals surface area contributed by atoms with Crippen LogP contribution < -0.4 is 10.6 Å². The van der Waals surface area contributed by atoms with E-state index in [0.29, 0.717) is 13.0 Å². The van der Waals surface area contributed by atoms with Crippen LogP contribution in [0.1, 0.15) is 39.5 Å². The van der Waals surface area contributed by atoms with Gasteiger partial charge in [0, 0.05) is 24.9 Å². The SMILES string of the molecule is CCNC(C)CC(=O)NCC1CCCC1O. The molecule has 3 N–H and O–H groups in total. The summed E-state index contributed by atoms with van der Waals surface area (Å²) >= 11 is 0. The molecular formula is C12H24N2O2. The predicted molar refractivity (Wildman–Crippen MR) is 64.1 cm³/mol. The molecule has 1 amide bonds. The van der Waals surface area contributed by atoms with Gasteiger partial charge in [0.15, 0.2) is 0 Å². The molecule has 4 nitrogen and oxygen atoms in total. The molecule has 0 heterocycles. The molecule has 0 aromatic heterocycles. The zero-order valence-corrected chi connectivity index (χ0v) is 10.3. The van der Waals surface area contributed by atoms with E-state index < -0.39 is 0 Å². The third-order valence-electron chi connectivity index (χ3n) is 3.22. The molecule has 16 heavy (non-hydrogen) atoms. The van der Waals surface area contributed by atoms with Gasteiger partial charge in [0.2, 0.25) is 5.91 Å². The van der Waals surface area contributed by atoms with Crippen LogP contribution in [0.25, 0.3) is 0 Å². The average Bonchev–Trinajstić information content (AvgIpc) is 2.61. The van der Waals surface area contributed by atoms with Gasteiger partial charge in [-0.1, -0.05) is 13.3 Å². The maximum absolute atomic E-state index is 11.6. The lowest BCUT2D eigenvalue weighted by Gasteiger charge is -2.16. The van der Waals surface area contributed by atoms with Gasteiger partial charge in [0.1, 0.15) is 0 Å². The number of carbonyl (C=O) groups excluding carboxylic acids is 1. The zero-order valence-electron chi connectivity index (χ0n) is 10.3. The standard InChI is InChI=1S/C12H24N2O2/c1-3-13-9(2)7-12(16)14-8-10-5-4-6-11(10)15/h9-11,13,15H,3-8H2,1-2H3,(H,14,16). The van der Waals surface area contributed by atoms with E-state index in [9.17, 15) is 9.90 Å². The summed E-state index contributed by atoms with van der Waals surface area (Å²) in [5.74, 6) is 0.339. The maximum atomic E-state index is 11.6. The summed E-state index contributed by atoms with van der Waals surface area (Å²) in [7, 11) is 0. The van der Waals surface area contributed by atoms with Crippen molar-refractivity contribution in [3.05, 3.63) is 0 Å². The Bertz CT molecular complexity index is 221. The fraction of sp³-hybridized carbons (Fsp3) is 0.917. The van der Waals surface area contributed by atoms with Crippen LogP contribution in [0.5, 0.6) is 0 Å². The van der Waals surface area contributed by atoms with Crippen LogP contribution in [0.4, 0.5) is 0 Å². The molecule has 4 heteroatoms. The maximum Gasteiger partial charge on any atom is 0.221 e. The minimum atomic E-state index is -0.216. The van der Waals surface area contributed by atoms with Crippen LogP contribution >= 0.6 is 0 Å². The Labute approximate surface area is 97.8 Å². The Morgan fingerprint density at radius 1 is 1.50 bits per heavy atom. The predicted octanol–water partition coefficient (Wildman–Crippen LogP) is 0.652. The smallest absolute Gasteiger partial charge is 0.221 e. The van der Waals surface area contributed by atoms with Gasteiger partial charge in [0.05, 0.1) is 6.10 Å². The normalized spacial score (nSPS) is 26.7. The lowest BCUT2D eigenvalue weighted by atomic mass is 10.1. The highest BCUT2D eigenvalue weighted by Gasteiger charge is 2.25. The van der Waals surface area contributed by atoms with Gasteiger partial charge in [0.25, 0.3) is 0 Å². The first-order chi connectivity index (χ1) is 7.63. The summed E-state index contributed by atoms with van der Waals surface area (Å²) in [5.41, 5.74) is 0. The first-order valence-electron chi connectivity index (χ1n) is 6.31. The molecule has 1 rings (SSSR count). The molecule has 3 atom stereocenters. The number of hydrogen-bond acceptors (Lipinski definition) is 3. The van der Waals surface area contributed by atoms with Crippen molar-refractivity contribution in [3.8, 4) is 0 Å². The molecular weight excluding hydrogens is 204 g/mol. The van der Waals surface area contributed by atoms with Gasteiger partial charge in [-0.25, -0.2) is 0 Å². The average molecular weight is 228 g/mol. The Kier molecular flexibility index (Phi) is 5.77. The third kappa shape index (κ3) is 4.49. The summed E-state index contributed by atoms with van der Waals surface area (Å²) in [6.45, 7) is 5.55. The largest absolute Gasteiger partial charge is 0.393 e. The van der Waals surface area contributed by atoms with Gasteiger partial charge in [-0.15, -0.1) is 0 Å². The van der Waals surface area contributed by atoms with Gasteiger partial charge >= 0.3 is 0 Å². The second-order valence-electron chi connectivity index (χ2n) is 4.73. The number of rotatable bonds is 6. The molecule has 0 saturated heterocycles. The number of aliphatic hydroxyl groups excluding tert-OH is 1. The third-order valence-corrected chi connectivity index (χ3v) is 3.22. The van der Waals surface area contributed by atoms with E-state index in [1.165, 1.54) is 0 Å². The number of carbonyl (C=O) groups is 1. The van der Waals surface area contributed by atoms with Gasteiger partial charge in [-0.3, -0.25) is 4.79 Å². The Morgan fingerprint density at radius 3 is 2.81 bits per heavy atom. The number of nitrogens with one attached hydrogen (secondary N) is 2. The number of aliphatic hydroxyl groups is 1. The summed E-state index contributed by atoms with van der Waals surface area (Å²) in [6, 6.07) is 0.221. The van der Waals surface area contributed by atoms with E-state index in [-0.39, 0.29) is 24.0 Å². The van der Waals surface area contributed by atoms with Gasteiger partial charge in [-0.05, 0) is 26.3 Å². The summed E-state index contributed by atoms with van der Waals surface area (Å²) < 4.78 is 0. The van der Waals surface area contributed by atoms with Crippen molar-refractivity contribution in [1.82, 2.24) is 10.6 Å². The molecule has 1 fully saturated rings. The van der Waals surface area contributed by atoms with Crippen molar-refractivity contribution in [2.75, 3.05) is 13.1 Å². The quantitative estimate of drug-likeness (QED) is 0.625. The monoisotopic (exact) mass is 228 g/mol. The Balaban J connectivity index is 2.14. The van der Waals surface area contributed by atoms with E-state index in [4.69, 9.17) is 0 Å². The minimum Gasteiger partial charge on any atom is -0.393 e. The number of amides is 1. The summed E-state index contributed by atoms with van der Waals surface area (Å²) in [4.78, 5) is 11.6. The van der Waals surface area contributed by atoms with E-state index >= 15 is 0 Å². The van der Waals surface area contributed by atoms with E-state index in [0.717, 1.165) is 25.8 Å². The molecule has 1 aliphatic carbocycles. The molecule has 1 aliphatic rings. The first-order valence-corrected chi connectivity index (χ1v) is 6.31. The van der Waals surface area contributed by atoms with Crippen LogP contribution in [0.15, 0.2) is 0 Å². The van der Waals surface area contributed by atoms with Crippen molar-refractivity contribution in [1.29, 1.82) is 0 Å². The molecule has 1 saturated carbocycles. The fourth-order valence-corrected chi connectivity index (χ4v) is 2.27. The molecule has 0 radical (unpaired) electrons. The van der Waals surface area contributed by atoms with Crippen molar-refractivity contribution in [2.45, 2.75) is 51.7 Å². The van der Waals surface area contributed by atoms with Crippen molar-refractivity contribution in [2.24, 2.45) is 5.92 Å². The zero-order chi connectivity index (χ0) is 12.0. The van der Waals surface area contributed by atoms with Crippen LogP contribution in [0, 0.1) is 5.92 Å². The van der Waals surface area contributed by atoms with Crippen LogP contribution in [-0.2, 0) is 4.79 Å². The molecule has 0 aromatic rings. The lowest BCUT2D eigenvalue weighted by molar-refractivity contribution is -0.121.